The number of aromatic nitrogens is 1. The molecule has 5 aromatic rings. The molecule has 6 rings (SSSR count). The average Bonchev–Trinajstić information content (AvgIpc) is 3.37. The highest BCUT2D eigenvalue weighted by molar-refractivity contribution is 7.07. The number of para-hydroxylation sites is 1. The fourth-order valence-electron chi connectivity index (χ4n) is 5.69. The molecule has 0 saturated carbocycles. The summed E-state index contributed by atoms with van der Waals surface area (Å²) in [6.07, 6.45) is 1.69. The van der Waals surface area contributed by atoms with Crippen LogP contribution in [0.3, 0.4) is 0 Å². The summed E-state index contributed by atoms with van der Waals surface area (Å²) < 4.78 is 25.4. The van der Waals surface area contributed by atoms with E-state index in [1.54, 1.807) is 31.6 Å². The normalized spacial score (nSPS) is 14.6. The van der Waals surface area contributed by atoms with Gasteiger partial charge in [0.15, 0.2) is 16.3 Å². The molecule has 1 aromatic heterocycles. The molecule has 2 heterocycles. The lowest BCUT2D eigenvalue weighted by atomic mass is 9.95. The minimum Gasteiger partial charge on any atom is -0.493 e. The molecule has 0 amide bonds. The van der Waals surface area contributed by atoms with Gasteiger partial charge in [-0.1, -0.05) is 72.0 Å². The van der Waals surface area contributed by atoms with Crippen LogP contribution in [0.5, 0.6) is 17.2 Å². The molecule has 0 radical (unpaired) electrons. The van der Waals surface area contributed by atoms with Crippen LogP contribution in [0.25, 0.3) is 16.8 Å². The van der Waals surface area contributed by atoms with Crippen LogP contribution in [0.2, 0.25) is 0 Å². The highest BCUT2D eigenvalue weighted by Crippen LogP contribution is 2.36. The second-order valence-corrected chi connectivity index (χ2v) is 12.4. The van der Waals surface area contributed by atoms with Crippen molar-refractivity contribution in [3.63, 3.8) is 0 Å². The molecular formula is C38H36N2O6S. The number of ether oxygens (including phenoxy) is 4. The third-order valence-electron chi connectivity index (χ3n) is 7.79. The van der Waals surface area contributed by atoms with Crippen LogP contribution in [0.4, 0.5) is 0 Å². The molecule has 0 aliphatic carbocycles. The van der Waals surface area contributed by atoms with Crippen LogP contribution in [-0.4, -0.2) is 30.4 Å². The number of esters is 1. The van der Waals surface area contributed by atoms with Gasteiger partial charge in [0.2, 0.25) is 0 Å². The van der Waals surface area contributed by atoms with Crippen LogP contribution in [0.15, 0.2) is 106 Å². The van der Waals surface area contributed by atoms with Crippen molar-refractivity contribution >= 4 is 34.2 Å². The maximum atomic E-state index is 14.2. The van der Waals surface area contributed by atoms with Crippen LogP contribution < -0.4 is 29.1 Å². The van der Waals surface area contributed by atoms with Gasteiger partial charge in [0.05, 0.1) is 35.6 Å². The molecule has 0 saturated heterocycles. The molecule has 1 aliphatic heterocycles. The summed E-state index contributed by atoms with van der Waals surface area (Å²) in [4.78, 5) is 32.7. The minimum atomic E-state index is -0.775. The van der Waals surface area contributed by atoms with Crippen LogP contribution >= 0.6 is 11.3 Å². The Hall–Kier alpha value is -5.15. The molecule has 0 bridgehead atoms. The molecule has 0 spiro atoms. The van der Waals surface area contributed by atoms with Crippen LogP contribution in [0.1, 0.15) is 50.4 Å². The molecule has 4 aromatic carbocycles. The van der Waals surface area contributed by atoms with Crippen molar-refractivity contribution in [3.8, 4) is 17.2 Å². The predicted molar refractivity (Wildman–Crippen MR) is 184 cm³/mol. The molecule has 240 valence electrons. The van der Waals surface area contributed by atoms with Crippen molar-refractivity contribution in [2.45, 2.75) is 46.4 Å². The summed E-state index contributed by atoms with van der Waals surface area (Å²) in [7, 11) is 1.59. The van der Waals surface area contributed by atoms with Gasteiger partial charge in [-0.15, -0.1) is 0 Å². The molecular weight excluding hydrogens is 612 g/mol. The summed E-state index contributed by atoms with van der Waals surface area (Å²) >= 11 is 1.26. The quantitative estimate of drug-likeness (QED) is 0.165. The van der Waals surface area contributed by atoms with Crippen molar-refractivity contribution < 1.29 is 23.7 Å². The Balaban J connectivity index is 1.37. The van der Waals surface area contributed by atoms with Gasteiger partial charge >= 0.3 is 5.97 Å². The number of nitrogens with zero attached hydrogens (tertiary/aromatic N) is 2. The lowest BCUT2D eigenvalue weighted by Gasteiger charge is -2.26. The van der Waals surface area contributed by atoms with Gasteiger partial charge in [-0.3, -0.25) is 9.36 Å². The van der Waals surface area contributed by atoms with E-state index < -0.39 is 12.0 Å². The Bertz CT molecular complexity index is 2180. The first-order chi connectivity index (χ1) is 22.8. The number of carbonyl (C=O) groups excluding carboxylic acids is 1. The number of thiazole rings is 1. The summed E-state index contributed by atoms with van der Waals surface area (Å²) in [5.41, 5.74) is 3.01. The first-order valence-electron chi connectivity index (χ1n) is 15.5. The van der Waals surface area contributed by atoms with Gasteiger partial charge in [0.25, 0.3) is 5.56 Å². The molecule has 47 heavy (non-hydrogen) atoms. The maximum Gasteiger partial charge on any atom is 0.338 e. The average molecular weight is 649 g/mol. The Labute approximate surface area is 276 Å². The van der Waals surface area contributed by atoms with E-state index in [4.69, 9.17) is 23.9 Å². The molecule has 9 heteroatoms. The lowest BCUT2D eigenvalue weighted by Crippen LogP contribution is -2.40. The molecule has 0 fully saturated rings. The highest BCUT2D eigenvalue weighted by Gasteiger charge is 2.35. The van der Waals surface area contributed by atoms with E-state index in [0.717, 1.165) is 16.5 Å². The first-order valence-corrected chi connectivity index (χ1v) is 16.3. The molecule has 1 atom stereocenters. The van der Waals surface area contributed by atoms with E-state index in [2.05, 4.69) is 30.3 Å². The number of fused-ring (bicyclic) bond motifs is 2. The summed E-state index contributed by atoms with van der Waals surface area (Å²) in [6.45, 7) is 7.96. The zero-order valence-corrected chi connectivity index (χ0v) is 27.8. The lowest BCUT2D eigenvalue weighted by molar-refractivity contribution is -0.139. The SMILES string of the molecule is CCOC(=O)C1=C(C)N=c2s/c(=C/c3ccc(OCc4ccc5ccccc5c4)c(OC)c3)c(=O)n2[C@H]1c1ccccc1OC(C)C. The van der Waals surface area contributed by atoms with Crippen molar-refractivity contribution in [2.24, 2.45) is 4.99 Å². The number of hydrogen-bond donors (Lipinski definition) is 0. The number of carbonyl (C=O) groups is 1. The zero-order chi connectivity index (χ0) is 33.1. The molecule has 0 unspecified atom stereocenters. The smallest absolute Gasteiger partial charge is 0.338 e. The zero-order valence-electron chi connectivity index (χ0n) is 27.0. The largest absolute Gasteiger partial charge is 0.493 e. The monoisotopic (exact) mass is 648 g/mol. The second-order valence-electron chi connectivity index (χ2n) is 11.4. The highest BCUT2D eigenvalue weighted by atomic mass is 32.1. The van der Waals surface area contributed by atoms with Crippen molar-refractivity contribution in [3.05, 3.63) is 133 Å². The van der Waals surface area contributed by atoms with Gasteiger partial charge < -0.3 is 18.9 Å². The summed E-state index contributed by atoms with van der Waals surface area (Å²) in [5, 5.41) is 2.33. The van der Waals surface area contributed by atoms with E-state index in [1.807, 2.05) is 68.4 Å². The molecule has 8 nitrogen and oxygen atoms in total. The van der Waals surface area contributed by atoms with Crippen molar-refractivity contribution in [1.82, 2.24) is 4.57 Å². The molecule has 0 N–H and O–H groups in total. The van der Waals surface area contributed by atoms with E-state index in [0.29, 0.717) is 50.0 Å². The Kier molecular flexibility index (Phi) is 9.26. The number of hydrogen-bond acceptors (Lipinski definition) is 8. The topological polar surface area (TPSA) is 88.4 Å². The van der Waals surface area contributed by atoms with Crippen LogP contribution in [-0.2, 0) is 16.1 Å². The first kappa shape index (κ1) is 31.8. The molecule has 1 aliphatic rings. The number of rotatable bonds is 10. The summed E-state index contributed by atoms with van der Waals surface area (Å²) in [5.74, 6) is 1.21. The van der Waals surface area contributed by atoms with Gasteiger partial charge in [0, 0.05) is 5.56 Å². The number of methoxy groups -OCH3 is 1. The van der Waals surface area contributed by atoms with E-state index in [9.17, 15) is 9.59 Å². The van der Waals surface area contributed by atoms with Crippen molar-refractivity contribution in [1.29, 1.82) is 0 Å². The Morgan fingerprint density at radius 2 is 1.72 bits per heavy atom. The van der Waals surface area contributed by atoms with Crippen LogP contribution in [0, 0.1) is 0 Å². The maximum absolute atomic E-state index is 14.2. The Morgan fingerprint density at radius 1 is 0.957 bits per heavy atom. The fourth-order valence-corrected chi connectivity index (χ4v) is 6.73. The second kappa shape index (κ2) is 13.7. The predicted octanol–water partition coefficient (Wildman–Crippen LogP) is 6.33. The number of benzene rings is 4. The third-order valence-corrected chi connectivity index (χ3v) is 8.77. The van der Waals surface area contributed by atoms with Gasteiger partial charge in [-0.05, 0) is 79.9 Å². The summed E-state index contributed by atoms with van der Waals surface area (Å²) in [6, 6.07) is 26.7. The third kappa shape index (κ3) is 6.57. The fraction of sp³-hybridized carbons (Fsp3) is 0.237. The van der Waals surface area contributed by atoms with E-state index in [-0.39, 0.29) is 18.3 Å². The number of allylic oxidation sites excluding steroid dienone is 1. The van der Waals surface area contributed by atoms with Gasteiger partial charge in [0.1, 0.15) is 18.4 Å². The minimum absolute atomic E-state index is 0.113. The van der Waals surface area contributed by atoms with Gasteiger partial charge in [-0.25, -0.2) is 9.79 Å². The Morgan fingerprint density at radius 3 is 2.49 bits per heavy atom. The van der Waals surface area contributed by atoms with Gasteiger partial charge in [-0.2, -0.15) is 0 Å². The van der Waals surface area contributed by atoms with Crippen molar-refractivity contribution in [2.75, 3.05) is 13.7 Å². The van der Waals surface area contributed by atoms with E-state index >= 15 is 0 Å². The van der Waals surface area contributed by atoms with E-state index in [1.165, 1.54) is 16.7 Å². The standard InChI is InChI=1S/C38H36N2O6S/c1-6-44-37(42)34-24(4)39-38-40(35(34)29-13-9-10-14-30(29)46-23(2)3)36(41)33(47-38)21-25-16-18-31(32(20-25)43-5)45-22-26-15-17-27-11-7-8-12-28(27)19-26/h7-21,23,35H,6,22H2,1-5H3/b33-21+/t35-/m0/s1.